The first-order valence-corrected chi connectivity index (χ1v) is 8.83. The Morgan fingerprint density at radius 2 is 1.87 bits per heavy atom. The number of nitrogens with one attached hydrogen (secondary N) is 2. The van der Waals surface area contributed by atoms with Gasteiger partial charge in [0.05, 0.1) is 6.54 Å². The van der Waals surface area contributed by atoms with Gasteiger partial charge in [-0.25, -0.2) is 0 Å². The summed E-state index contributed by atoms with van der Waals surface area (Å²) in [5.74, 6) is 0.242. The molecule has 0 spiro atoms. The minimum Gasteiger partial charge on any atom is -0.342 e. The maximum atomic E-state index is 13.0. The molecule has 1 amide bonds. The molecule has 2 N–H and O–H groups in total. The number of amides is 1. The summed E-state index contributed by atoms with van der Waals surface area (Å²) in [5, 5.41) is 12.1. The number of hydrogen-bond acceptors (Lipinski definition) is 2. The predicted molar refractivity (Wildman–Crippen MR) is 94.6 cm³/mol. The average Bonchev–Trinajstić information content (AvgIpc) is 2.76. The van der Waals surface area contributed by atoms with E-state index in [1.54, 1.807) is 4.90 Å². The number of unbranched alkanes of at least 4 members (excludes halogenated alkanes) is 2. The maximum Gasteiger partial charge on any atom is 0.255 e. The molecule has 0 saturated carbocycles. The lowest BCUT2D eigenvalue weighted by Gasteiger charge is -2.27. The monoisotopic (exact) mass is 335 g/mol. The van der Waals surface area contributed by atoms with Crippen molar-refractivity contribution >= 4 is 23.5 Å². The van der Waals surface area contributed by atoms with E-state index in [-0.39, 0.29) is 11.9 Å². The minimum atomic E-state index is -0.596. The van der Waals surface area contributed by atoms with Crippen LogP contribution in [0.3, 0.4) is 0 Å². The molecular weight excluding hydrogens is 310 g/mol. The average molecular weight is 336 g/mol. The lowest BCUT2D eigenvalue weighted by molar-refractivity contribution is -0.132. The van der Waals surface area contributed by atoms with Gasteiger partial charge in [-0.1, -0.05) is 63.3 Å². The van der Waals surface area contributed by atoms with Gasteiger partial charge in [-0.3, -0.25) is 15.1 Å². The van der Waals surface area contributed by atoms with Gasteiger partial charge in [0.2, 0.25) is 0 Å². The summed E-state index contributed by atoms with van der Waals surface area (Å²) in [7, 11) is 0. The quantitative estimate of drug-likeness (QED) is 0.743. The van der Waals surface area contributed by atoms with Crippen molar-refractivity contribution in [2.45, 2.75) is 64.5 Å². The van der Waals surface area contributed by atoms with Gasteiger partial charge >= 0.3 is 0 Å². The molecular formula is C18H26ClN3O. The number of halogens is 1. The minimum absolute atomic E-state index is 0.0318. The Labute approximate surface area is 143 Å². The normalized spacial score (nSPS) is 16.7. The molecule has 1 aliphatic rings. The second kappa shape index (κ2) is 7.82. The molecule has 1 aromatic rings. The molecule has 5 heteroatoms. The van der Waals surface area contributed by atoms with Crippen molar-refractivity contribution in [1.82, 2.24) is 10.2 Å². The van der Waals surface area contributed by atoms with Crippen molar-refractivity contribution in [1.29, 1.82) is 5.41 Å². The first kappa shape index (κ1) is 17.8. The van der Waals surface area contributed by atoms with Crippen LogP contribution in [-0.2, 0) is 11.3 Å². The van der Waals surface area contributed by atoms with Crippen LogP contribution in [0.1, 0.15) is 57.9 Å². The zero-order valence-electron chi connectivity index (χ0n) is 14.0. The van der Waals surface area contributed by atoms with E-state index in [1.807, 2.05) is 24.3 Å². The number of benzene rings is 1. The Hall–Kier alpha value is -1.55. The second-order valence-electron chi connectivity index (χ2n) is 6.28. The van der Waals surface area contributed by atoms with Crippen LogP contribution in [0.4, 0.5) is 0 Å². The fourth-order valence-electron chi connectivity index (χ4n) is 3.10. The van der Waals surface area contributed by atoms with Gasteiger partial charge in [0.15, 0.2) is 5.96 Å². The van der Waals surface area contributed by atoms with Gasteiger partial charge in [0, 0.05) is 5.02 Å². The van der Waals surface area contributed by atoms with E-state index in [9.17, 15) is 4.79 Å². The maximum absolute atomic E-state index is 13.0. The molecule has 0 bridgehead atoms. The molecule has 2 rings (SSSR count). The Morgan fingerprint density at radius 1 is 1.22 bits per heavy atom. The van der Waals surface area contributed by atoms with E-state index in [0.717, 1.165) is 44.1 Å². The summed E-state index contributed by atoms with van der Waals surface area (Å²) >= 11 is 6.02. The molecule has 1 aliphatic heterocycles. The first-order chi connectivity index (χ1) is 11.0. The van der Waals surface area contributed by atoms with Crippen molar-refractivity contribution in [2.75, 3.05) is 0 Å². The van der Waals surface area contributed by atoms with E-state index in [2.05, 4.69) is 19.2 Å². The van der Waals surface area contributed by atoms with Crippen LogP contribution in [0, 0.1) is 5.41 Å². The Bertz CT molecular complexity index is 565. The van der Waals surface area contributed by atoms with Crippen molar-refractivity contribution < 1.29 is 4.79 Å². The molecule has 1 aromatic carbocycles. The molecule has 126 valence electrons. The molecule has 1 heterocycles. The molecule has 0 aromatic heterocycles. The summed E-state index contributed by atoms with van der Waals surface area (Å²) in [6.07, 6.45) is 5.64. The summed E-state index contributed by atoms with van der Waals surface area (Å²) in [4.78, 5) is 14.6. The van der Waals surface area contributed by atoms with Gasteiger partial charge in [0.1, 0.15) is 5.54 Å². The smallest absolute Gasteiger partial charge is 0.255 e. The fraction of sp³-hybridized carbons (Fsp3) is 0.556. The summed E-state index contributed by atoms with van der Waals surface area (Å²) in [6, 6.07) is 7.47. The molecule has 0 aliphatic carbocycles. The first-order valence-electron chi connectivity index (χ1n) is 8.45. The van der Waals surface area contributed by atoms with Gasteiger partial charge in [-0.15, -0.1) is 0 Å². The number of rotatable bonds is 8. The highest BCUT2D eigenvalue weighted by molar-refractivity contribution is 6.30. The van der Waals surface area contributed by atoms with Crippen LogP contribution in [0.15, 0.2) is 24.3 Å². The van der Waals surface area contributed by atoms with Gasteiger partial charge in [0.25, 0.3) is 5.91 Å². The molecule has 0 unspecified atom stereocenters. The lowest BCUT2D eigenvalue weighted by atomic mass is 9.87. The molecule has 4 nitrogen and oxygen atoms in total. The van der Waals surface area contributed by atoms with Gasteiger partial charge < -0.3 is 5.32 Å². The third-order valence-electron chi connectivity index (χ3n) is 4.43. The van der Waals surface area contributed by atoms with Gasteiger partial charge in [-0.2, -0.15) is 0 Å². The predicted octanol–water partition coefficient (Wildman–Crippen LogP) is 4.33. The third-order valence-corrected chi connectivity index (χ3v) is 4.66. The highest BCUT2D eigenvalue weighted by Gasteiger charge is 2.48. The van der Waals surface area contributed by atoms with E-state index < -0.39 is 5.54 Å². The van der Waals surface area contributed by atoms with Crippen LogP contribution in [0.5, 0.6) is 0 Å². The summed E-state index contributed by atoms with van der Waals surface area (Å²) in [5.41, 5.74) is 0.348. The van der Waals surface area contributed by atoms with Crippen LogP contribution in [-0.4, -0.2) is 22.3 Å². The number of carbonyl (C=O) groups is 1. The topological polar surface area (TPSA) is 56.2 Å². The zero-order chi connectivity index (χ0) is 16.9. The Morgan fingerprint density at radius 3 is 2.43 bits per heavy atom. The van der Waals surface area contributed by atoms with E-state index in [1.165, 1.54) is 0 Å². The fourth-order valence-corrected chi connectivity index (χ4v) is 3.31. The van der Waals surface area contributed by atoms with Gasteiger partial charge in [-0.05, 0) is 30.5 Å². The standard InChI is InChI=1S/C18H26ClN3O/c1-3-5-10-18(11-6-4-2)16(23)22(17(20)21-18)13-14-8-7-9-15(19)12-14/h7-9,12H,3-6,10-11,13H2,1-2H3,(H2,20,21). The van der Waals surface area contributed by atoms with E-state index in [4.69, 9.17) is 17.0 Å². The number of carbonyl (C=O) groups excluding carboxylic acids is 1. The summed E-state index contributed by atoms with van der Waals surface area (Å²) in [6.45, 7) is 4.65. The second-order valence-corrected chi connectivity index (χ2v) is 6.72. The Kier molecular flexibility index (Phi) is 6.05. The van der Waals surface area contributed by atoms with Crippen LogP contribution in [0.25, 0.3) is 0 Å². The molecule has 1 saturated heterocycles. The van der Waals surface area contributed by atoms with Crippen LogP contribution in [0.2, 0.25) is 5.02 Å². The van der Waals surface area contributed by atoms with Crippen molar-refractivity contribution in [2.24, 2.45) is 0 Å². The molecule has 0 radical (unpaired) electrons. The Balaban J connectivity index is 2.18. The van der Waals surface area contributed by atoms with Crippen molar-refractivity contribution in [3.05, 3.63) is 34.9 Å². The highest BCUT2D eigenvalue weighted by atomic mass is 35.5. The summed E-state index contributed by atoms with van der Waals surface area (Å²) < 4.78 is 0. The van der Waals surface area contributed by atoms with Crippen molar-refractivity contribution in [3.63, 3.8) is 0 Å². The number of guanidine groups is 1. The van der Waals surface area contributed by atoms with E-state index in [0.29, 0.717) is 11.6 Å². The molecule has 23 heavy (non-hydrogen) atoms. The third kappa shape index (κ3) is 4.05. The SMILES string of the molecule is CCCCC1(CCCC)NC(=N)N(Cc2cccc(Cl)c2)C1=O. The number of nitrogens with zero attached hydrogens (tertiary/aromatic N) is 1. The van der Waals surface area contributed by atoms with Crippen LogP contribution < -0.4 is 5.32 Å². The van der Waals surface area contributed by atoms with Crippen molar-refractivity contribution in [3.8, 4) is 0 Å². The zero-order valence-corrected chi connectivity index (χ0v) is 14.7. The molecule has 0 atom stereocenters. The highest BCUT2D eigenvalue weighted by Crippen LogP contribution is 2.30. The van der Waals surface area contributed by atoms with Crippen LogP contribution >= 0.6 is 11.6 Å². The number of hydrogen-bond donors (Lipinski definition) is 2. The largest absolute Gasteiger partial charge is 0.342 e. The molecule has 1 fully saturated rings. The van der Waals surface area contributed by atoms with E-state index >= 15 is 0 Å². The lowest BCUT2D eigenvalue weighted by Crippen LogP contribution is -2.47.